The Bertz CT molecular complexity index is 593. The first-order valence-corrected chi connectivity index (χ1v) is 9.35. The molecule has 3 N–H and O–H groups in total. The summed E-state index contributed by atoms with van der Waals surface area (Å²) < 4.78 is 13.1. The molecule has 1 saturated heterocycles. The zero-order valence-corrected chi connectivity index (χ0v) is 18.3. The van der Waals surface area contributed by atoms with Crippen molar-refractivity contribution in [2.24, 2.45) is 4.99 Å². The number of nitrogens with zero attached hydrogens (tertiary/aromatic N) is 2. The highest BCUT2D eigenvalue weighted by molar-refractivity contribution is 14.0. The number of likely N-dealkylation sites (tertiary alicyclic amines) is 1. The van der Waals surface area contributed by atoms with E-state index >= 15 is 0 Å². The number of hydrogen-bond donors (Lipinski definition) is 3. The zero-order valence-electron chi connectivity index (χ0n) is 16.0. The van der Waals surface area contributed by atoms with Crippen molar-refractivity contribution >= 4 is 35.8 Å². The zero-order chi connectivity index (χ0) is 18.6. The lowest BCUT2D eigenvalue weighted by Crippen LogP contribution is -2.44. The minimum Gasteiger partial charge on any atom is -0.355 e. The van der Waals surface area contributed by atoms with Crippen LogP contribution < -0.4 is 16.0 Å². The van der Waals surface area contributed by atoms with Crippen LogP contribution in [0.15, 0.2) is 29.3 Å². The number of rotatable bonds is 8. The summed E-state index contributed by atoms with van der Waals surface area (Å²) in [6.45, 7) is 5.31. The van der Waals surface area contributed by atoms with E-state index in [1.807, 2.05) is 0 Å². The maximum absolute atomic E-state index is 13.1. The fourth-order valence-electron chi connectivity index (χ4n) is 3.01. The summed E-state index contributed by atoms with van der Waals surface area (Å²) in [4.78, 5) is 18.5. The molecule has 0 radical (unpaired) electrons. The SMILES string of the molecule is CN=C(NCCNC(=O)Cc1cccc(F)c1)NCCN1CCCCC1.I. The van der Waals surface area contributed by atoms with Gasteiger partial charge in [-0.3, -0.25) is 9.79 Å². The van der Waals surface area contributed by atoms with Gasteiger partial charge < -0.3 is 20.9 Å². The number of carbonyl (C=O) groups excluding carboxylic acids is 1. The summed E-state index contributed by atoms with van der Waals surface area (Å²) in [5.41, 5.74) is 0.672. The van der Waals surface area contributed by atoms with Crippen LogP contribution in [0.3, 0.4) is 0 Å². The number of piperidine rings is 1. The van der Waals surface area contributed by atoms with Crippen LogP contribution in [0, 0.1) is 5.82 Å². The molecule has 2 rings (SSSR count). The highest BCUT2D eigenvalue weighted by Gasteiger charge is 2.09. The fraction of sp³-hybridized carbons (Fsp3) is 0.579. The van der Waals surface area contributed by atoms with Crippen LogP contribution in [-0.2, 0) is 11.2 Å². The van der Waals surface area contributed by atoms with Gasteiger partial charge in [0.2, 0.25) is 5.91 Å². The normalized spacial score (nSPS) is 15.0. The maximum Gasteiger partial charge on any atom is 0.224 e. The molecule has 0 spiro atoms. The van der Waals surface area contributed by atoms with Crippen LogP contribution in [-0.4, -0.2) is 63.1 Å². The van der Waals surface area contributed by atoms with Crippen molar-refractivity contribution in [3.05, 3.63) is 35.6 Å². The minimum absolute atomic E-state index is 0. The van der Waals surface area contributed by atoms with E-state index in [0.29, 0.717) is 18.7 Å². The first-order valence-electron chi connectivity index (χ1n) is 9.35. The second-order valence-electron chi connectivity index (χ2n) is 6.48. The topological polar surface area (TPSA) is 68.8 Å². The van der Waals surface area contributed by atoms with Gasteiger partial charge in [0.1, 0.15) is 5.82 Å². The molecule has 1 aliphatic rings. The van der Waals surface area contributed by atoms with Gasteiger partial charge >= 0.3 is 0 Å². The fourth-order valence-corrected chi connectivity index (χ4v) is 3.01. The van der Waals surface area contributed by atoms with Gasteiger partial charge in [0, 0.05) is 33.2 Å². The number of hydrogen-bond acceptors (Lipinski definition) is 3. The third-order valence-electron chi connectivity index (χ3n) is 4.39. The molecule has 1 aromatic carbocycles. The van der Waals surface area contributed by atoms with E-state index < -0.39 is 0 Å². The van der Waals surface area contributed by atoms with Gasteiger partial charge in [-0.2, -0.15) is 0 Å². The lowest BCUT2D eigenvalue weighted by molar-refractivity contribution is -0.120. The third-order valence-corrected chi connectivity index (χ3v) is 4.39. The Hall–Kier alpha value is -1.42. The largest absolute Gasteiger partial charge is 0.355 e. The van der Waals surface area contributed by atoms with E-state index in [1.54, 1.807) is 19.2 Å². The van der Waals surface area contributed by atoms with Crippen molar-refractivity contribution in [3.8, 4) is 0 Å². The average molecular weight is 491 g/mol. The van der Waals surface area contributed by atoms with Crippen LogP contribution in [0.5, 0.6) is 0 Å². The molecule has 1 heterocycles. The van der Waals surface area contributed by atoms with Crippen molar-refractivity contribution in [3.63, 3.8) is 0 Å². The highest BCUT2D eigenvalue weighted by atomic mass is 127. The summed E-state index contributed by atoms with van der Waals surface area (Å²) >= 11 is 0. The number of halogens is 2. The van der Waals surface area contributed by atoms with Crippen molar-refractivity contribution in [1.82, 2.24) is 20.9 Å². The highest BCUT2D eigenvalue weighted by Crippen LogP contribution is 2.07. The molecule has 0 aromatic heterocycles. The molecular formula is C19H31FIN5O. The Kier molecular flexibility index (Phi) is 12.0. The molecule has 0 bridgehead atoms. The van der Waals surface area contributed by atoms with E-state index in [1.165, 1.54) is 44.5 Å². The van der Waals surface area contributed by atoms with E-state index in [-0.39, 0.29) is 42.1 Å². The standard InChI is InChI=1S/C19H30FN5O.HI/c1-21-19(24-10-13-25-11-3-2-4-12-25)23-9-8-22-18(26)15-16-6-5-7-17(20)14-16;/h5-7,14H,2-4,8-13,15H2,1H3,(H,22,26)(H2,21,23,24);1H. The van der Waals surface area contributed by atoms with Crippen molar-refractivity contribution in [2.75, 3.05) is 46.3 Å². The Morgan fingerprint density at radius 3 is 2.52 bits per heavy atom. The van der Waals surface area contributed by atoms with Crippen molar-refractivity contribution in [1.29, 1.82) is 0 Å². The van der Waals surface area contributed by atoms with Crippen LogP contribution in [0.25, 0.3) is 0 Å². The smallest absolute Gasteiger partial charge is 0.224 e. The van der Waals surface area contributed by atoms with Gasteiger partial charge in [-0.05, 0) is 43.6 Å². The second-order valence-corrected chi connectivity index (χ2v) is 6.48. The lowest BCUT2D eigenvalue weighted by Gasteiger charge is -2.26. The van der Waals surface area contributed by atoms with Crippen LogP contribution >= 0.6 is 24.0 Å². The molecule has 0 aliphatic carbocycles. The van der Waals surface area contributed by atoms with E-state index in [0.717, 1.165) is 19.0 Å². The molecular weight excluding hydrogens is 460 g/mol. The van der Waals surface area contributed by atoms with E-state index in [4.69, 9.17) is 0 Å². The molecule has 1 fully saturated rings. The molecule has 6 nitrogen and oxygen atoms in total. The van der Waals surface area contributed by atoms with Gasteiger partial charge in [0.15, 0.2) is 5.96 Å². The molecule has 27 heavy (non-hydrogen) atoms. The maximum atomic E-state index is 13.1. The number of benzene rings is 1. The van der Waals surface area contributed by atoms with Crippen LogP contribution in [0.4, 0.5) is 4.39 Å². The van der Waals surface area contributed by atoms with Crippen LogP contribution in [0.1, 0.15) is 24.8 Å². The predicted molar refractivity (Wildman–Crippen MR) is 118 cm³/mol. The van der Waals surface area contributed by atoms with Crippen molar-refractivity contribution < 1.29 is 9.18 Å². The quantitative estimate of drug-likeness (QED) is 0.225. The Balaban J connectivity index is 0.00000364. The average Bonchev–Trinajstić information content (AvgIpc) is 2.64. The monoisotopic (exact) mass is 491 g/mol. The van der Waals surface area contributed by atoms with Crippen molar-refractivity contribution in [2.45, 2.75) is 25.7 Å². The number of nitrogens with one attached hydrogen (secondary N) is 3. The molecule has 1 aliphatic heterocycles. The number of aliphatic imine (C=N–C) groups is 1. The summed E-state index contributed by atoms with van der Waals surface area (Å²) in [5, 5.41) is 9.30. The summed E-state index contributed by atoms with van der Waals surface area (Å²) in [7, 11) is 1.73. The first-order chi connectivity index (χ1) is 12.7. The summed E-state index contributed by atoms with van der Waals surface area (Å²) in [5.74, 6) is 0.295. The third kappa shape index (κ3) is 9.90. The summed E-state index contributed by atoms with van der Waals surface area (Å²) in [6, 6.07) is 6.11. The van der Waals surface area contributed by atoms with E-state index in [9.17, 15) is 9.18 Å². The molecule has 0 atom stereocenters. The van der Waals surface area contributed by atoms with Gasteiger partial charge in [0.05, 0.1) is 6.42 Å². The van der Waals surface area contributed by atoms with Gasteiger partial charge in [-0.15, -0.1) is 24.0 Å². The molecule has 0 saturated carbocycles. The number of carbonyl (C=O) groups is 1. The van der Waals surface area contributed by atoms with Gasteiger partial charge in [-0.1, -0.05) is 18.6 Å². The molecule has 1 amide bonds. The molecule has 152 valence electrons. The lowest BCUT2D eigenvalue weighted by atomic mass is 10.1. The number of amides is 1. The van der Waals surface area contributed by atoms with Gasteiger partial charge in [-0.25, -0.2) is 4.39 Å². The number of guanidine groups is 1. The molecule has 0 unspecified atom stereocenters. The Labute approximate surface area is 178 Å². The first kappa shape index (κ1) is 23.6. The van der Waals surface area contributed by atoms with Crippen LogP contribution in [0.2, 0.25) is 0 Å². The molecule has 1 aromatic rings. The second kappa shape index (κ2) is 13.7. The Morgan fingerprint density at radius 1 is 1.11 bits per heavy atom. The summed E-state index contributed by atoms with van der Waals surface area (Å²) in [6.07, 6.45) is 4.11. The Morgan fingerprint density at radius 2 is 1.81 bits per heavy atom. The van der Waals surface area contributed by atoms with Gasteiger partial charge in [0.25, 0.3) is 0 Å². The minimum atomic E-state index is -0.323. The predicted octanol–water partition coefficient (Wildman–Crippen LogP) is 1.75. The van der Waals surface area contributed by atoms with E-state index in [2.05, 4.69) is 25.8 Å². The molecule has 8 heteroatoms.